The standard InChI is InChI=1S/C13H13BrO2/c1-13(5-6-13)11-7-8-9(14)3-4-10(15-2)12(8)16-11/h3-4,7H,5-6H2,1-2H3. The first-order valence-electron chi connectivity index (χ1n) is 5.40. The Morgan fingerprint density at radius 3 is 2.75 bits per heavy atom. The highest BCUT2D eigenvalue weighted by atomic mass is 79.9. The average Bonchev–Trinajstić information content (AvgIpc) is 2.86. The van der Waals surface area contributed by atoms with Gasteiger partial charge in [0.05, 0.1) is 7.11 Å². The van der Waals surface area contributed by atoms with Crippen LogP contribution in [0.5, 0.6) is 5.75 Å². The highest BCUT2D eigenvalue weighted by Crippen LogP contribution is 2.50. The third kappa shape index (κ3) is 1.38. The predicted molar refractivity (Wildman–Crippen MR) is 67.1 cm³/mol. The van der Waals surface area contributed by atoms with Crippen molar-refractivity contribution in [2.45, 2.75) is 25.2 Å². The Labute approximate surface area is 103 Å². The number of ether oxygens (including phenoxy) is 1. The highest BCUT2D eigenvalue weighted by Gasteiger charge is 2.42. The Balaban J connectivity index is 2.26. The molecule has 1 heterocycles. The summed E-state index contributed by atoms with van der Waals surface area (Å²) in [4.78, 5) is 0. The molecule has 0 aliphatic heterocycles. The van der Waals surface area contributed by atoms with E-state index >= 15 is 0 Å². The summed E-state index contributed by atoms with van der Waals surface area (Å²) in [5, 5.41) is 1.10. The molecule has 1 aromatic heterocycles. The molecule has 1 fully saturated rings. The maximum atomic E-state index is 5.94. The van der Waals surface area contributed by atoms with Gasteiger partial charge in [-0.15, -0.1) is 0 Å². The molecule has 1 aliphatic carbocycles. The zero-order valence-corrected chi connectivity index (χ0v) is 10.9. The van der Waals surface area contributed by atoms with Crippen LogP contribution in [-0.4, -0.2) is 7.11 Å². The molecule has 3 heteroatoms. The molecule has 1 saturated carbocycles. The summed E-state index contributed by atoms with van der Waals surface area (Å²) in [6.07, 6.45) is 2.43. The molecule has 3 rings (SSSR count). The first-order valence-corrected chi connectivity index (χ1v) is 6.20. The molecule has 0 radical (unpaired) electrons. The Morgan fingerprint density at radius 1 is 1.38 bits per heavy atom. The normalized spacial score (nSPS) is 17.7. The number of methoxy groups -OCH3 is 1. The zero-order chi connectivity index (χ0) is 11.3. The summed E-state index contributed by atoms with van der Waals surface area (Å²) in [7, 11) is 1.67. The second kappa shape index (κ2) is 3.27. The van der Waals surface area contributed by atoms with Gasteiger partial charge < -0.3 is 9.15 Å². The van der Waals surface area contributed by atoms with Crippen molar-refractivity contribution in [2.75, 3.05) is 7.11 Å². The van der Waals surface area contributed by atoms with Gasteiger partial charge in [-0.3, -0.25) is 0 Å². The molecular formula is C13H13BrO2. The molecule has 0 spiro atoms. The van der Waals surface area contributed by atoms with Crippen LogP contribution in [0.4, 0.5) is 0 Å². The number of rotatable bonds is 2. The van der Waals surface area contributed by atoms with E-state index in [1.54, 1.807) is 7.11 Å². The lowest BCUT2D eigenvalue weighted by Gasteiger charge is -2.02. The molecule has 1 aromatic carbocycles. The number of benzene rings is 1. The fourth-order valence-electron chi connectivity index (χ4n) is 1.96. The Bertz CT molecular complexity index is 552. The molecule has 2 aromatic rings. The number of fused-ring (bicyclic) bond motifs is 1. The predicted octanol–water partition coefficient (Wildman–Crippen LogP) is 4.26. The second-order valence-corrected chi connectivity index (χ2v) is 5.52. The Kier molecular flexibility index (Phi) is 2.08. The number of furan rings is 1. The van der Waals surface area contributed by atoms with Gasteiger partial charge in [-0.2, -0.15) is 0 Å². The van der Waals surface area contributed by atoms with Crippen LogP contribution >= 0.6 is 15.9 Å². The molecule has 0 amide bonds. The van der Waals surface area contributed by atoms with E-state index in [9.17, 15) is 0 Å². The van der Waals surface area contributed by atoms with Gasteiger partial charge >= 0.3 is 0 Å². The van der Waals surface area contributed by atoms with E-state index in [1.165, 1.54) is 12.8 Å². The van der Waals surface area contributed by atoms with Crippen LogP contribution < -0.4 is 4.74 Å². The largest absolute Gasteiger partial charge is 0.493 e. The van der Waals surface area contributed by atoms with Gasteiger partial charge in [0.15, 0.2) is 11.3 Å². The molecular weight excluding hydrogens is 268 g/mol. The van der Waals surface area contributed by atoms with Crippen LogP contribution in [-0.2, 0) is 5.41 Å². The van der Waals surface area contributed by atoms with Gasteiger partial charge in [0.2, 0.25) is 0 Å². The molecule has 0 saturated heterocycles. The van der Waals surface area contributed by atoms with Crippen molar-refractivity contribution in [3.8, 4) is 5.75 Å². The van der Waals surface area contributed by atoms with E-state index in [4.69, 9.17) is 9.15 Å². The molecule has 0 unspecified atom stereocenters. The highest BCUT2D eigenvalue weighted by molar-refractivity contribution is 9.10. The lowest BCUT2D eigenvalue weighted by molar-refractivity contribution is 0.404. The van der Waals surface area contributed by atoms with Crippen LogP contribution in [0, 0.1) is 0 Å². The first-order chi connectivity index (χ1) is 7.64. The van der Waals surface area contributed by atoms with Crippen LogP contribution in [0.3, 0.4) is 0 Å². The molecule has 0 atom stereocenters. The van der Waals surface area contributed by atoms with E-state index in [1.807, 2.05) is 12.1 Å². The number of hydrogen-bond donors (Lipinski definition) is 0. The van der Waals surface area contributed by atoms with Gasteiger partial charge in [0.25, 0.3) is 0 Å². The van der Waals surface area contributed by atoms with Crippen molar-refractivity contribution in [1.29, 1.82) is 0 Å². The molecule has 0 bridgehead atoms. The fourth-order valence-corrected chi connectivity index (χ4v) is 2.38. The van der Waals surface area contributed by atoms with Crippen LogP contribution in [0.2, 0.25) is 0 Å². The Hall–Kier alpha value is -0.960. The van der Waals surface area contributed by atoms with E-state index in [2.05, 4.69) is 28.9 Å². The quantitative estimate of drug-likeness (QED) is 0.820. The molecule has 84 valence electrons. The minimum atomic E-state index is 0.253. The van der Waals surface area contributed by atoms with Crippen molar-refractivity contribution in [3.05, 3.63) is 28.4 Å². The lowest BCUT2D eigenvalue weighted by Crippen LogP contribution is -1.95. The third-order valence-corrected chi connectivity index (χ3v) is 4.10. The van der Waals surface area contributed by atoms with E-state index < -0.39 is 0 Å². The molecule has 0 N–H and O–H groups in total. The van der Waals surface area contributed by atoms with Crippen molar-refractivity contribution in [3.63, 3.8) is 0 Å². The molecule has 2 nitrogen and oxygen atoms in total. The summed E-state index contributed by atoms with van der Waals surface area (Å²) < 4.78 is 12.3. The first kappa shape index (κ1) is 10.2. The minimum absolute atomic E-state index is 0.253. The van der Waals surface area contributed by atoms with Crippen LogP contribution in [0.15, 0.2) is 27.1 Å². The zero-order valence-electron chi connectivity index (χ0n) is 9.34. The second-order valence-electron chi connectivity index (χ2n) is 4.66. The van der Waals surface area contributed by atoms with Crippen LogP contribution in [0.1, 0.15) is 25.5 Å². The Morgan fingerprint density at radius 2 is 2.12 bits per heavy atom. The monoisotopic (exact) mass is 280 g/mol. The van der Waals surface area contributed by atoms with Crippen molar-refractivity contribution in [2.24, 2.45) is 0 Å². The topological polar surface area (TPSA) is 22.4 Å². The summed E-state index contributed by atoms with van der Waals surface area (Å²) in [6, 6.07) is 6.06. The lowest BCUT2D eigenvalue weighted by atomic mass is 10.1. The SMILES string of the molecule is COc1ccc(Br)c2cc(C3(C)CC3)oc12. The maximum Gasteiger partial charge on any atom is 0.177 e. The summed E-state index contributed by atoms with van der Waals surface area (Å²) in [6.45, 7) is 2.24. The summed E-state index contributed by atoms with van der Waals surface area (Å²) in [5.74, 6) is 1.88. The number of halogens is 1. The smallest absolute Gasteiger partial charge is 0.177 e. The van der Waals surface area contributed by atoms with Crippen molar-refractivity contribution >= 4 is 26.9 Å². The summed E-state index contributed by atoms with van der Waals surface area (Å²) in [5.41, 5.74) is 1.10. The third-order valence-electron chi connectivity index (χ3n) is 3.41. The van der Waals surface area contributed by atoms with Gasteiger partial charge in [-0.05, 0) is 31.0 Å². The van der Waals surface area contributed by atoms with E-state index in [0.717, 1.165) is 27.0 Å². The van der Waals surface area contributed by atoms with Gasteiger partial charge in [-0.25, -0.2) is 0 Å². The van der Waals surface area contributed by atoms with Crippen molar-refractivity contribution < 1.29 is 9.15 Å². The van der Waals surface area contributed by atoms with Gasteiger partial charge in [0, 0.05) is 15.3 Å². The summed E-state index contributed by atoms with van der Waals surface area (Å²) >= 11 is 3.55. The van der Waals surface area contributed by atoms with E-state index in [-0.39, 0.29) is 5.41 Å². The van der Waals surface area contributed by atoms with E-state index in [0.29, 0.717) is 0 Å². The molecule has 1 aliphatic rings. The fraction of sp³-hybridized carbons (Fsp3) is 0.385. The molecule has 16 heavy (non-hydrogen) atoms. The van der Waals surface area contributed by atoms with Gasteiger partial charge in [-0.1, -0.05) is 22.9 Å². The average molecular weight is 281 g/mol. The van der Waals surface area contributed by atoms with Gasteiger partial charge in [0.1, 0.15) is 5.76 Å². The van der Waals surface area contributed by atoms with Crippen LogP contribution in [0.25, 0.3) is 11.0 Å². The number of hydrogen-bond acceptors (Lipinski definition) is 2. The maximum absolute atomic E-state index is 5.94. The van der Waals surface area contributed by atoms with Crippen molar-refractivity contribution in [1.82, 2.24) is 0 Å². The minimum Gasteiger partial charge on any atom is -0.493 e.